The van der Waals surface area contributed by atoms with E-state index in [0.717, 1.165) is 16.5 Å². The summed E-state index contributed by atoms with van der Waals surface area (Å²) in [6, 6.07) is 8.19. The largest absolute Gasteiger partial charge is 0.471 e. The number of anilines is 1. The Morgan fingerprint density at radius 2 is 1.73 bits per heavy atom. The van der Waals surface area contributed by atoms with Crippen molar-refractivity contribution in [3.8, 4) is 11.3 Å². The smallest absolute Gasteiger partial charge is 0.338 e. The number of carbonyl (C=O) groups is 2. The number of carbonyl (C=O) groups excluding carboxylic acids is 2. The van der Waals surface area contributed by atoms with Crippen LogP contribution in [0.1, 0.15) is 45.7 Å². The first-order valence-electron chi connectivity index (χ1n) is 13.5. The summed E-state index contributed by atoms with van der Waals surface area (Å²) in [5.41, 5.74) is -0.801. The molecule has 232 valence electrons. The van der Waals surface area contributed by atoms with Crippen molar-refractivity contribution >= 4 is 23.1 Å². The Hall–Kier alpha value is -4.56. The van der Waals surface area contributed by atoms with E-state index in [2.05, 4.69) is 15.1 Å². The molecule has 0 unspecified atom stereocenters. The maximum atomic E-state index is 14.1. The summed E-state index contributed by atoms with van der Waals surface area (Å²) in [5, 5.41) is 5.22. The quantitative estimate of drug-likeness (QED) is 0.269. The van der Waals surface area contributed by atoms with Crippen molar-refractivity contribution in [3.63, 3.8) is 0 Å². The maximum Gasteiger partial charge on any atom is 0.471 e. The highest BCUT2D eigenvalue weighted by Gasteiger charge is 2.41. The van der Waals surface area contributed by atoms with Crippen LogP contribution in [0.5, 0.6) is 0 Å². The minimum absolute atomic E-state index is 0.0797. The van der Waals surface area contributed by atoms with Crippen molar-refractivity contribution in [1.29, 1.82) is 0 Å². The van der Waals surface area contributed by atoms with Crippen LogP contribution in [0.4, 0.5) is 36.6 Å². The fourth-order valence-electron chi connectivity index (χ4n) is 5.46. The summed E-state index contributed by atoms with van der Waals surface area (Å²) in [5.74, 6) is -4.13. The molecule has 15 heteroatoms. The molecule has 4 heterocycles. The zero-order valence-electron chi connectivity index (χ0n) is 23.4. The molecule has 1 aromatic carbocycles. The molecule has 8 nitrogen and oxygen atoms in total. The average Bonchev–Trinajstić information content (AvgIpc) is 3.35. The highest BCUT2D eigenvalue weighted by molar-refractivity contribution is 5.99. The van der Waals surface area contributed by atoms with Gasteiger partial charge in [0.15, 0.2) is 5.82 Å². The van der Waals surface area contributed by atoms with Gasteiger partial charge in [-0.25, -0.2) is 13.9 Å². The molecule has 0 aliphatic carbocycles. The molecule has 1 fully saturated rings. The van der Waals surface area contributed by atoms with Gasteiger partial charge >= 0.3 is 18.3 Å². The lowest BCUT2D eigenvalue weighted by Crippen LogP contribution is -2.41. The Bertz CT molecular complexity index is 1730. The third-order valence-electron chi connectivity index (χ3n) is 7.50. The van der Waals surface area contributed by atoms with Gasteiger partial charge in [-0.05, 0) is 68.9 Å². The number of halogens is 7. The molecule has 1 saturated heterocycles. The van der Waals surface area contributed by atoms with E-state index in [-0.39, 0.29) is 40.2 Å². The highest BCUT2D eigenvalue weighted by Crippen LogP contribution is 2.40. The number of likely N-dealkylation sites (tertiary alicyclic amines) is 1. The van der Waals surface area contributed by atoms with E-state index in [1.807, 2.05) is 0 Å². The molecular formula is C29H25F7N6O2. The fourth-order valence-corrected chi connectivity index (χ4v) is 5.46. The second-order valence-corrected chi connectivity index (χ2v) is 10.6. The van der Waals surface area contributed by atoms with Crippen LogP contribution in [0.25, 0.3) is 16.8 Å². The third-order valence-corrected chi connectivity index (χ3v) is 7.50. The number of fused-ring (bicyclic) bond motifs is 1. The fraction of sp³-hybridized carbons (Fsp3) is 0.345. The lowest BCUT2D eigenvalue weighted by Gasteiger charge is -2.33. The molecule has 0 radical (unpaired) electrons. The van der Waals surface area contributed by atoms with Gasteiger partial charge in [0.2, 0.25) is 0 Å². The van der Waals surface area contributed by atoms with E-state index in [1.54, 1.807) is 24.0 Å². The first-order chi connectivity index (χ1) is 20.6. The predicted octanol–water partition coefficient (Wildman–Crippen LogP) is 6.16. The number of alkyl halides is 6. The first-order valence-corrected chi connectivity index (χ1v) is 13.5. The first kappa shape index (κ1) is 30.9. The number of hydrogen-bond donors (Lipinski definition) is 1. The summed E-state index contributed by atoms with van der Waals surface area (Å²) in [6.45, 7) is 3.95. The molecule has 1 N–H and O–H groups in total. The van der Waals surface area contributed by atoms with Gasteiger partial charge in [0.05, 0.1) is 22.5 Å². The van der Waals surface area contributed by atoms with E-state index >= 15 is 0 Å². The van der Waals surface area contributed by atoms with E-state index in [4.69, 9.17) is 0 Å². The maximum absolute atomic E-state index is 14.1. The number of rotatable bonds is 5. The normalized spacial score (nSPS) is 15.9. The summed E-state index contributed by atoms with van der Waals surface area (Å²) in [4.78, 5) is 34.8. The zero-order chi connectivity index (χ0) is 32.0. The number of hydrogen-bond acceptors (Lipinski definition) is 5. The van der Waals surface area contributed by atoms with Crippen LogP contribution in [-0.4, -0.2) is 55.6 Å². The molecule has 1 aliphatic rings. The highest BCUT2D eigenvalue weighted by atomic mass is 19.4. The number of amides is 2. The Morgan fingerprint density at radius 3 is 2.39 bits per heavy atom. The second-order valence-electron chi connectivity index (χ2n) is 10.6. The van der Waals surface area contributed by atoms with Crippen molar-refractivity contribution in [2.75, 3.05) is 18.4 Å². The minimum Gasteiger partial charge on any atom is -0.338 e. The minimum atomic E-state index is -5.38. The topological polar surface area (TPSA) is 92.5 Å². The monoisotopic (exact) mass is 622 g/mol. The number of piperidine rings is 1. The summed E-state index contributed by atoms with van der Waals surface area (Å²) < 4.78 is 95.1. The SMILES string of the molecule is Cc1nc(C)c(-c2cc(C(F)(F)F)c3c(NC(=O)C(F)(F)F)ncnn23)cc1C(=O)N1CCC[C@@H](Cc2ccc(F)cc2)C1. The van der Waals surface area contributed by atoms with E-state index in [9.17, 15) is 40.3 Å². The van der Waals surface area contributed by atoms with Gasteiger partial charge in [-0.2, -0.15) is 31.4 Å². The Morgan fingerprint density at radius 1 is 1.02 bits per heavy atom. The molecule has 1 atom stereocenters. The molecule has 2 amide bonds. The van der Waals surface area contributed by atoms with E-state index < -0.39 is 35.2 Å². The van der Waals surface area contributed by atoms with Crippen LogP contribution < -0.4 is 5.32 Å². The van der Waals surface area contributed by atoms with Gasteiger partial charge in [-0.15, -0.1) is 0 Å². The molecule has 0 bridgehead atoms. The number of nitrogens with one attached hydrogen (secondary N) is 1. The van der Waals surface area contributed by atoms with Crippen molar-refractivity contribution in [2.45, 2.75) is 45.5 Å². The van der Waals surface area contributed by atoms with Gasteiger partial charge in [-0.1, -0.05) is 12.1 Å². The molecule has 0 saturated carbocycles. The van der Waals surface area contributed by atoms with E-state index in [1.165, 1.54) is 30.4 Å². The predicted molar refractivity (Wildman–Crippen MR) is 144 cm³/mol. The van der Waals surface area contributed by atoms with Gasteiger partial charge in [-0.3, -0.25) is 14.6 Å². The summed E-state index contributed by atoms with van der Waals surface area (Å²) >= 11 is 0. The molecular weight excluding hydrogens is 597 g/mol. The number of nitrogens with zero attached hydrogens (tertiary/aromatic N) is 5. The summed E-state index contributed by atoms with van der Waals surface area (Å²) in [7, 11) is 0. The Balaban J connectivity index is 1.52. The lowest BCUT2D eigenvalue weighted by atomic mass is 9.91. The van der Waals surface area contributed by atoms with Crippen molar-refractivity contribution in [3.05, 3.63) is 76.6 Å². The van der Waals surface area contributed by atoms with Crippen LogP contribution in [0.15, 0.2) is 42.7 Å². The van der Waals surface area contributed by atoms with Crippen LogP contribution in [0, 0.1) is 25.6 Å². The molecule has 5 rings (SSSR count). The van der Waals surface area contributed by atoms with Gasteiger partial charge < -0.3 is 10.2 Å². The van der Waals surface area contributed by atoms with Crippen LogP contribution in [0.3, 0.4) is 0 Å². The van der Waals surface area contributed by atoms with E-state index in [0.29, 0.717) is 44.0 Å². The van der Waals surface area contributed by atoms with Crippen molar-refractivity contribution < 1.29 is 40.3 Å². The van der Waals surface area contributed by atoms with Gasteiger partial charge in [0.25, 0.3) is 5.91 Å². The standard InChI is InChI=1S/C29H25F7N6O2/c1-15-20(23-12-22(28(31,32)33)24-25(37-14-38-42(23)24)40-27(44)29(34,35)36)11-21(16(2)39-15)26(43)41-9-3-4-18(13-41)10-17-5-7-19(30)8-6-17/h5-8,11-12,14,18H,3-4,9-10,13H2,1-2H3,(H,37,38,40,44)/t18-/m0/s1. The molecule has 4 aromatic rings. The lowest BCUT2D eigenvalue weighted by molar-refractivity contribution is -0.167. The van der Waals surface area contributed by atoms with Gasteiger partial charge in [0.1, 0.15) is 17.7 Å². The number of aromatic nitrogens is 4. The van der Waals surface area contributed by atoms with Crippen molar-refractivity contribution in [1.82, 2.24) is 24.5 Å². The molecule has 44 heavy (non-hydrogen) atoms. The Labute approximate surface area is 245 Å². The average molecular weight is 623 g/mol. The zero-order valence-corrected chi connectivity index (χ0v) is 23.4. The molecule has 3 aromatic heterocycles. The van der Waals surface area contributed by atoms with Crippen molar-refractivity contribution in [2.24, 2.45) is 5.92 Å². The Kier molecular flexibility index (Phi) is 8.07. The van der Waals surface area contributed by atoms with Crippen LogP contribution in [0.2, 0.25) is 0 Å². The number of pyridine rings is 1. The number of aryl methyl sites for hydroxylation is 2. The second kappa shape index (κ2) is 11.5. The third kappa shape index (κ3) is 6.21. The molecule has 0 spiro atoms. The van der Waals surface area contributed by atoms with Crippen LogP contribution >= 0.6 is 0 Å². The van der Waals surface area contributed by atoms with Crippen LogP contribution in [-0.2, 0) is 17.4 Å². The summed E-state index contributed by atoms with van der Waals surface area (Å²) in [6.07, 6.45) is -7.55. The molecule has 1 aliphatic heterocycles. The van der Waals surface area contributed by atoms with Gasteiger partial charge in [0, 0.05) is 24.3 Å². The number of benzene rings is 1.